The molecule has 1 N–H and O–H groups in total. The van der Waals surface area contributed by atoms with Gasteiger partial charge in [0.1, 0.15) is 16.8 Å². The van der Waals surface area contributed by atoms with Gasteiger partial charge >= 0.3 is 0 Å². The number of benzene rings is 1. The normalized spacial score (nSPS) is 16.0. The smallest absolute Gasteiger partial charge is 0.235 e. The molecule has 202 valence electrons. The first-order valence-corrected chi connectivity index (χ1v) is 15.2. The molecule has 38 heavy (non-hydrogen) atoms. The van der Waals surface area contributed by atoms with Gasteiger partial charge in [-0.25, -0.2) is 0 Å². The lowest BCUT2D eigenvalue weighted by atomic mass is 9.69. The van der Waals surface area contributed by atoms with Crippen LogP contribution in [0.5, 0.6) is 5.75 Å². The molecular formula is C28H34ClN5O2S2. The van der Waals surface area contributed by atoms with E-state index < -0.39 is 0 Å². The molecule has 2 atom stereocenters. The molecule has 2 aromatic heterocycles. The second-order valence-corrected chi connectivity index (χ2v) is 12.7. The molecule has 0 fully saturated rings. The number of nitriles is 1. The molecule has 0 saturated heterocycles. The van der Waals surface area contributed by atoms with Crippen LogP contribution in [-0.4, -0.2) is 26.4 Å². The Hall–Kier alpha value is -2.54. The van der Waals surface area contributed by atoms with Crippen LogP contribution in [0.1, 0.15) is 75.4 Å². The monoisotopic (exact) mass is 571 g/mol. The van der Waals surface area contributed by atoms with E-state index in [1.165, 1.54) is 16.6 Å². The molecule has 0 saturated carbocycles. The Balaban J connectivity index is 1.41. The van der Waals surface area contributed by atoms with E-state index in [9.17, 15) is 10.1 Å². The highest BCUT2D eigenvalue weighted by Gasteiger charge is 2.34. The van der Waals surface area contributed by atoms with Crippen LogP contribution in [0.4, 0.5) is 5.00 Å². The SMILES string of the molecule is CCn1c(SCC(=O)Nc2sc3c(c2C#N)CCC(C(C)(C)CC)C3)nnc1C(C)Oc1cccc(Cl)c1. The average Bonchev–Trinajstić information content (AvgIpc) is 3.47. The van der Waals surface area contributed by atoms with Crippen LogP contribution in [0.25, 0.3) is 0 Å². The number of hydrogen-bond acceptors (Lipinski definition) is 7. The molecule has 10 heteroatoms. The van der Waals surface area contributed by atoms with E-state index >= 15 is 0 Å². The van der Waals surface area contributed by atoms with Crippen LogP contribution in [0, 0.1) is 22.7 Å². The minimum absolute atomic E-state index is 0.161. The van der Waals surface area contributed by atoms with E-state index in [1.54, 1.807) is 23.5 Å². The molecule has 1 aliphatic carbocycles. The van der Waals surface area contributed by atoms with Gasteiger partial charge in [0.15, 0.2) is 17.1 Å². The van der Waals surface area contributed by atoms with E-state index in [2.05, 4.69) is 42.4 Å². The molecule has 2 heterocycles. The van der Waals surface area contributed by atoms with E-state index in [0.717, 1.165) is 31.2 Å². The summed E-state index contributed by atoms with van der Waals surface area (Å²) in [6, 6.07) is 9.58. The number of carbonyl (C=O) groups is 1. The highest BCUT2D eigenvalue weighted by molar-refractivity contribution is 7.99. The Bertz CT molecular complexity index is 1340. The van der Waals surface area contributed by atoms with Gasteiger partial charge in [-0.2, -0.15) is 5.26 Å². The lowest BCUT2D eigenvalue weighted by Gasteiger charge is -2.36. The standard InChI is InChI=1S/C28H34ClN5O2S2/c1-6-28(4,5)18-11-12-21-22(15-30)26(38-23(21)13-18)31-24(35)16-37-27-33-32-25(34(27)7-2)17(3)36-20-10-8-9-19(29)14-20/h8-10,14,17-18H,6-7,11-13,16H2,1-5H3,(H,31,35). The van der Waals surface area contributed by atoms with Crippen molar-refractivity contribution in [2.24, 2.45) is 11.3 Å². The zero-order chi connectivity index (χ0) is 27.4. The molecule has 1 aliphatic rings. The molecule has 0 aliphatic heterocycles. The number of fused-ring (bicyclic) bond motifs is 1. The van der Waals surface area contributed by atoms with Crippen molar-refractivity contribution in [2.75, 3.05) is 11.1 Å². The summed E-state index contributed by atoms with van der Waals surface area (Å²) in [6.45, 7) is 11.4. The predicted octanol–water partition coefficient (Wildman–Crippen LogP) is 7.30. The number of carbonyl (C=O) groups excluding carboxylic acids is 1. The average molecular weight is 572 g/mol. The summed E-state index contributed by atoms with van der Waals surface area (Å²) in [4.78, 5) is 14.2. The van der Waals surface area contributed by atoms with Crippen LogP contribution in [0.15, 0.2) is 29.4 Å². The minimum Gasteiger partial charge on any atom is -0.483 e. The minimum atomic E-state index is -0.346. The number of anilines is 1. The first-order chi connectivity index (χ1) is 18.2. The predicted molar refractivity (Wildman–Crippen MR) is 154 cm³/mol. The van der Waals surface area contributed by atoms with Crippen LogP contribution >= 0.6 is 34.7 Å². The topological polar surface area (TPSA) is 92.8 Å². The molecule has 4 rings (SSSR count). The number of halogens is 1. The van der Waals surface area contributed by atoms with Gasteiger partial charge in [-0.05, 0) is 68.2 Å². The third-order valence-electron chi connectivity index (χ3n) is 7.51. The van der Waals surface area contributed by atoms with Gasteiger partial charge in [0.05, 0.1) is 11.3 Å². The number of amides is 1. The Labute approximate surface area is 237 Å². The summed E-state index contributed by atoms with van der Waals surface area (Å²) >= 11 is 8.96. The fourth-order valence-corrected chi connectivity index (χ4v) is 7.13. The summed E-state index contributed by atoms with van der Waals surface area (Å²) < 4.78 is 7.97. The molecule has 2 unspecified atom stereocenters. The van der Waals surface area contributed by atoms with Crippen LogP contribution < -0.4 is 10.1 Å². The molecule has 7 nitrogen and oxygen atoms in total. The quantitative estimate of drug-likeness (QED) is 0.257. The first-order valence-electron chi connectivity index (χ1n) is 13.0. The third kappa shape index (κ3) is 6.19. The fourth-order valence-electron chi connectivity index (χ4n) is 4.84. The number of ether oxygens (including phenoxy) is 1. The molecule has 0 radical (unpaired) electrons. The van der Waals surface area contributed by atoms with Crippen molar-refractivity contribution in [3.63, 3.8) is 0 Å². The molecule has 0 spiro atoms. The molecule has 1 amide bonds. The number of thioether (sulfide) groups is 1. The maximum Gasteiger partial charge on any atom is 0.235 e. The Kier molecular flexibility index (Phi) is 9.07. The Morgan fingerprint density at radius 3 is 2.87 bits per heavy atom. The first kappa shape index (κ1) is 28.5. The third-order valence-corrected chi connectivity index (χ3v) is 9.88. The Morgan fingerprint density at radius 1 is 1.39 bits per heavy atom. The molecule has 3 aromatic rings. The summed E-state index contributed by atoms with van der Waals surface area (Å²) in [6.07, 6.45) is 3.72. The van der Waals surface area contributed by atoms with Gasteiger partial charge < -0.3 is 14.6 Å². The number of nitrogens with zero attached hydrogens (tertiary/aromatic N) is 4. The van der Waals surface area contributed by atoms with Crippen molar-refractivity contribution < 1.29 is 9.53 Å². The fraction of sp³-hybridized carbons (Fsp3) is 0.500. The lowest BCUT2D eigenvalue weighted by Crippen LogP contribution is -2.28. The number of aromatic nitrogens is 3. The largest absolute Gasteiger partial charge is 0.483 e. The van der Waals surface area contributed by atoms with Gasteiger partial charge in [-0.3, -0.25) is 4.79 Å². The molecule has 0 bridgehead atoms. The highest BCUT2D eigenvalue weighted by Crippen LogP contribution is 2.45. The molecule has 1 aromatic carbocycles. The van der Waals surface area contributed by atoms with E-state index in [1.807, 2.05) is 30.5 Å². The van der Waals surface area contributed by atoms with E-state index in [4.69, 9.17) is 16.3 Å². The maximum atomic E-state index is 12.9. The number of nitrogens with one attached hydrogen (secondary N) is 1. The van der Waals surface area contributed by atoms with Gasteiger partial charge in [0.25, 0.3) is 0 Å². The van der Waals surface area contributed by atoms with Gasteiger partial charge in [-0.1, -0.05) is 56.6 Å². The van der Waals surface area contributed by atoms with E-state index in [-0.39, 0.29) is 23.2 Å². The number of rotatable bonds is 10. The summed E-state index contributed by atoms with van der Waals surface area (Å²) in [5.74, 6) is 1.93. The van der Waals surface area contributed by atoms with Crippen molar-refractivity contribution in [3.8, 4) is 11.8 Å². The summed E-state index contributed by atoms with van der Waals surface area (Å²) in [5.41, 5.74) is 2.01. The van der Waals surface area contributed by atoms with Gasteiger partial charge in [0, 0.05) is 16.4 Å². The van der Waals surface area contributed by atoms with Crippen molar-refractivity contribution in [1.82, 2.24) is 14.8 Å². The van der Waals surface area contributed by atoms with Crippen molar-refractivity contribution in [3.05, 3.63) is 51.1 Å². The van der Waals surface area contributed by atoms with Crippen LogP contribution in [0.3, 0.4) is 0 Å². The Morgan fingerprint density at radius 2 is 2.18 bits per heavy atom. The van der Waals surface area contributed by atoms with Crippen molar-refractivity contribution >= 4 is 45.6 Å². The van der Waals surface area contributed by atoms with Crippen LogP contribution in [-0.2, 0) is 24.2 Å². The highest BCUT2D eigenvalue weighted by atomic mass is 35.5. The second-order valence-electron chi connectivity index (χ2n) is 10.2. The summed E-state index contributed by atoms with van der Waals surface area (Å²) in [5, 5.41) is 23.4. The maximum absolute atomic E-state index is 12.9. The summed E-state index contributed by atoms with van der Waals surface area (Å²) in [7, 11) is 0. The van der Waals surface area contributed by atoms with Crippen LogP contribution in [0.2, 0.25) is 5.02 Å². The van der Waals surface area contributed by atoms with Gasteiger partial charge in [0.2, 0.25) is 5.91 Å². The zero-order valence-corrected chi connectivity index (χ0v) is 24.9. The molecular weight excluding hydrogens is 538 g/mol. The van der Waals surface area contributed by atoms with E-state index in [0.29, 0.717) is 44.8 Å². The van der Waals surface area contributed by atoms with Gasteiger partial charge in [-0.15, -0.1) is 21.5 Å². The van der Waals surface area contributed by atoms with Crippen molar-refractivity contribution in [1.29, 1.82) is 5.26 Å². The zero-order valence-electron chi connectivity index (χ0n) is 22.5. The van der Waals surface area contributed by atoms with Crippen molar-refractivity contribution in [2.45, 2.75) is 78.1 Å². The number of thiophene rings is 1. The number of hydrogen-bond donors (Lipinski definition) is 1. The lowest BCUT2D eigenvalue weighted by molar-refractivity contribution is -0.113. The second kappa shape index (κ2) is 12.1.